The van der Waals surface area contributed by atoms with Gasteiger partial charge in [0.05, 0.1) is 10.2 Å². The Morgan fingerprint density at radius 2 is 2.06 bits per heavy atom. The maximum atomic E-state index is 13.0. The third-order valence-electron chi connectivity index (χ3n) is 2.13. The van der Waals surface area contributed by atoms with Crippen LogP contribution >= 0.6 is 15.9 Å². The van der Waals surface area contributed by atoms with Gasteiger partial charge in [-0.2, -0.15) is 0 Å². The first-order valence-electron chi connectivity index (χ1n) is 4.92. The van der Waals surface area contributed by atoms with E-state index in [1.165, 1.54) is 18.2 Å². The lowest BCUT2D eigenvalue weighted by Gasteiger charge is -2.08. The van der Waals surface area contributed by atoms with Crippen molar-refractivity contribution in [2.24, 2.45) is 0 Å². The van der Waals surface area contributed by atoms with E-state index in [9.17, 15) is 4.39 Å². The van der Waals surface area contributed by atoms with Crippen LogP contribution in [0.3, 0.4) is 0 Å². The van der Waals surface area contributed by atoms with Crippen LogP contribution < -0.4 is 10.5 Å². The third-order valence-corrected chi connectivity index (χ3v) is 2.74. The summed E-state index contributed by atoms with van der Waals surface area (Å²) < 4.78 is 18.9. The number of aryl methyl sites for hydroxylation is 1. The van der Waals surface area contributed by atoms with Gasteiger partial charge in [0.1, 0.15) is 11.6 Å². The fourth-order valence-electron chi connectivity index (χ4n) is 1.28. The van der Waals surface area contributed by atoms with Gasteiger partial charge >= 0.3 is 0 Å². The number of hydrogen-bond donors (Lipinski definition) is 1. The molecule has 0 aliphatic carbocycles. The summed E-state index contributed by atoms with van der Waals surface area (Å²) in [7, 11) is 0. The summed E-state index contributed by atoms with van der Waals surface area (Å²) in [6.45, 7) is 1.84. The van der Waals surface area contributed by atoms with Crippen molar-refractivity contribution in [2.75, 3.05) is 5.73 Å². The molecule has 0 aliphatic heterocycles. The molecule has 2 rings (SSSR count). The number of rotatable bonds is 2. The van der Waals surface area contributed by atoms with E-state index in [0.717, 1.165) is 5.69 Å². The summed E-state index contributed by atoms with van der Waals surface area (Å²) in [6.07, 6.45) is 0. The standard InChI is InChI=1S/C12H10BrFN2O/c1-7-2-5-11(15)12(16-7)17-8-3-4-10(14)9(13)6-8/h2-6H,15H2,1H3. The van der Waals surface area contributed by atoms with Crippen LogP contribution in [0.1, 0.15) is 5.69 Å². The van der Waals surface area contributed by atoms with E-state index in [-0.39, 0.29) is 5.82 Å². The highest BCUT2D eigenvalue weighted by atomic mass is 79.9. The lowest BCUT2D eigenvalue weighted by atomic mass is 10.3. The zero-order valence-corrected chi connectivity index (χ0v) is 10.7. The maximum absolute atomic E-state index is 13.0. The van der Waals surface area contributed by atoms with Crippen LogP contribution in [-0.2, 0) is 0 Å². The molecule has 0 saturated carbocycles. The molecule has 0 bridgehead atoms. The Morgan fingerprint density at radius 3 is 2.76 bits per heavy atom. The number of benzene rings is 1. The average Bonchev–Trinajstić information content (AvgIpc) is 2.29. The van der Waals surface area contributed by atoms with Gasteiger partial charge in [-0.1, -0.05) is 0 Å². The number of nitrogens with zero attached hydrogens (tertiary/aromatic N) is 1. The number of nitrogen functional groups attached to an aromatic ring is 1. The minimum absolute atomic E-state index is 0.323. The zero-order chi connectivity index (χ0) is 12.4. The SMILES string of the molecule is Cc1ccc(N)c(Oc2ccc(F)c(Br)c2)n1. The first kappa shape index (κ1) is 11.9. The van der Waals surface area contributed by atoms with Gasteiger partial charge in [-0.05, 0) is 53.2 Å². The summed E-state index contributed by atoms with van der Waals surface area (Å²) in [6, 6.07) is 7.87. The molecule has 2 N–H and O–H groups in total. The van der Waals surface area contributed by atoms with Crippen LogP contribution in [0.5, 0.6) is 11.6 Å². The third kappa shape index (κ3) is 2.74. The molecular weight excluding hydrogens is 287 g/mol. The molecule has 0 atom stereocenters. The second kappa shape index (κ2) is 4.71. The minimum Gasteiger partial charge on any atom is -0.437 e. The molecule has 17 heavy (non-hydrogen) atoms. The normalized spacial score (nSPS) is 10.3. The van der Waals surface area contributed by atoms with Gasteiger partial charge < -0.3 is 10.5 Å². The van der Waals surface area contributed by atoms with Gasteiger partial charge in [-0.25, -0.2) is 9.37 Å². The topological polar surface area (TPSA) is 48.1 Å². The van der Waals surface area contributed by atoms with Gasteiger partial charge in [0, 0.05) is 5.69 Å². The number of halogens is 2. The van der Waals surface area contributed by atoms with E-state index >= 15 is 0 Å². The molecule has 1 heterocycles. The smallest absolute Gasteiger partial charge is 0.242 e. The van der Waals surface area contributed by atoms with Crippen molar-refractivity contribution in [1.29, 1.82) is 0 Å². The number of anilines is 1. The Balaban J connectivity index is 2.31. The quantitative estimate of drug-likeness (QED) is 0.920. The van der Waals surface area contributed by atoms with Gasteiger partial charge in [0.2, 0.25) is 5.88 Å². The molecule has 0 fully saturated rings. The molecular formula is C12H10BrFN2O. The molecule has 2 aromatic rings. The molecule has 1 aromatic heterocycles. The van der Waals surface area contributed by atoms with Crippen LogP contribution in [0.25, 0.3) is 0 Å². The van der Waals surface area contributed by atoms with Crippen molar-refractivity contribution >= 4 is 21.6 Å². The van der Waals surface area contributed by atoms with Gasteiger partial charge in [0.15, 0.2) is 0 Å². The Labute approximate surface area is 107 Å². The largest absolute Gasteiger partial charge is 0.437 e. The van der Waals surface area contributed by atoms with Crippen molar-refractivity contribution in [2.45, 2.75) is 6.92 Å². The lowest BCUT2D eigenvalue weighted by Crippen LogP contribution is -1.96. The highest BCUT2D eigenvalue weighted by molar-refractivity contribution is 9.10. The van der Waals surface area contributed by atoms with E-state index in [1.807, 2.05) is 6.92 Å². The summed E-state index contributed by atoms with van der Waals surface area (Å²) in [5, 5.41) is 0. The molecule has 0 amide bonds. The molecule has 88 valence electrons. The zero-order valence-electron chi connectivity index (χ0n) is 9.08. The highest BCUT2D eigenvalue weighted by Crippen LogP contribution is 2.28. The number of nitrogens with two attached hydrogens (primary N) is 1. The summed E-state index contributed by atoms with van der Waals surface area (Å²) in [5.74, 6) is 0.453. The van der Waals surface area contributed by atoms with Crippen LogP contribution in [-0.4, -0.2) is 4.98 Å². The molecule has 1 aromatic carbocycles. The first-order valence-corrected chi connectivity index (χ1v) is 5.71. The molecule has 0 unspecified atom stereocenters. The lowest BCUT2D eigenvalue weighted by molar-refractivity contribution is 0.462. The number of pyridine rings is 1. The maximum Gasteiger partial charge on any atom is 0.242 e. The summed E-state index contributed by atoms with van der Waals surface area (Å²) in [4.78, 5) is 4.16. The Morgan fingerprint density at radius 1 is 1.29 bits per heavy atom. The summed E-state index contributed by atoms with van der Waals surface area (Å²) in [5.41, 5.74) is 6.97. The van der Waals surface area contributed by atoms with Crippen molar-refractivity contribution in [3.8, 4) is 11.6 Å². The average molecular weight is 297 g/mol. The fourth-order valence-corrected chi connectivity index (χ4v) is 1.64. The Hall–Kier alpha value is -1.62. The molecule has 0 aliphatic rings. The van der Waals surface area contributed by atoms with Crippen molar-refractivity contribution in [1.82, 2.24) is 4.98 Å². The van der Waals surface area contributed by atoms with Gasteiger partial charge in [0.25, 0.3) is 0 Å². The van der Waals surface area contributed by atoms with Crippen molar-refractivity contribution in [3.63, 3.8) is 0 Å². The Kier molecular flexibility index (Phi) is 3.28. The number of ether oxygens (including phenoxy) is 1. The van der Waals surface area contributed by atoms with Crippen molar-refractivity contribution in [3.05, 3.63) is 46.3 Å². The molecule has 5 heteroatoms. The predicted molar refractivity (Wildman–Crippen MR) is 67.6 cm³/mol. The van der Waals surface area contributed by atoms with Crippen LogP contribution in [0.2, 0.25) is 0 Å². The first-order chi connectivity index (χ1) is 8.06. The van der Waals surface area contributed by atoms with Crippen LogP contribution in [0, 0.1) is 12.7 Å². The molecule has 0 saturated heterocycles. The molecule has 3 nitrogen and oxygen atoms in total. The summed E-state index contributed by atoms with van der Waals surface area (Å²) >= 11 is 3.09. The number of aromatic nitrogens is 1. The van der Waals surface area contributed by atoms with E-state index < -0.39 is 0 Å². The highest BCUT2D eigenvalue weighted by Gasteiger charge is 2.06. The fraction of sp³-hybridized carbons (Fsp3) is 0.0833. The monoisotopic (exact) mass is 296 g/mol. The second-order valence-corrected chi connectivity index (χ2v) is 4.38. The van der Waals surface area contributed by atoms with Crippen LogP contribution in [0.15, 0.2) is 34.8 Å². The van der Waals surface area contributed by atoms with Gasteiger partial charge in [-0.15, -0.1) is 0 Å². The number of hydrogen-bond acceptors (Lipinski definition) is 3. The van der Waals surface area contributed by atoms with E-state index in [4.69, 9.17) is 10.5 Å². The van der Waals surface area contributed by atoms with E-state index in [0.29, 0.717) is 21.8 Å². The Bertz CT molecular complexity index is 560. The molecule has 0 radical (unpaired) electrons. The minimum atomic E-state index is -0.345. The second-order valence-electron chi connectivity index (χ2n) is 3.52. The van der Waals surface area contributed by atoms with Gasteiger partial charge in [-0.3, -0.25) is 0 Å². The predicted octanol–water partition coefficient (Wildman–Crippen LogP) is 3.67. The molecule has 0 spiro atoms. The van der Waals surface area contributed by atoms with E-state index in [1.54, 1.807) is 12.1 Å². The van der Waals surface area contributed by atoms with Crippen LogP contribution in [0.4, 0.5) is 10.1 Å². The van der Waals surface area contributed by atoms with E-state index in [2.05, 4.69) is 20.9 Å². The van der Waals surface area contributed by atoms with Crippen molar-refractivity contribution < 1.29 is 9.13 Å².